The molecule has 0 fully saturated rings. The number of nitrogens with one attached hydrogen (secondary N) is 1. The highest BCUT2D eigenvalue weighted by Crippen LogP contribution is 2.30. The maximum absolute atomic E-state index is 14.2. The summed E-state index contributed by atoms with van der Waals surface area (Å²) in [5, 5.41) is 3.78. The van der Waals surface area contributed by atoms with Gasteiger partial charge in [0, 0.05) is 10.6 Å². The van der Waals surface area contributed by atoms with Crippen molar-refractivity contribution in [3.63, 3.8) is 0 Å². The van der Waals surface area contributed by atoms with Gasteiger partial charge in [-0.1, -0.05) is 43.6 Å². The van der Waals surface area contributed by atoms with Crippen molar-refractivity contribution in [3.8, 4) is 0 Å². The van der Waals surface area contributed by atoms with Crippen LogP contribution in [-0.4, -0.2) is 7.05 Å². The summed E-state index contributed by atoms with van der Waals surface area (Å²) < 4.78 is 14.2. The molecule has 1 unspecified atom stereocenters. The predicted octanol–water partition coefficient (Wildman–Crippen LogP) is 4.91. The van der Waals surface area contributed by atoms with Gasteiger partial charge < -0.3 is 5.32 Å². The molecule has 1 N–H and O–H groups in total. The average molecular weight is 306 g/mol. The number of benzene rings is 2. The lowest BCUT2D eigenvalue weighted by molar-refractivity contribution is 0.574. The van der Waals surface area contributed by atoms with Crippen molar-refractivity contribution >= 4 is 11.6 Å². The van der Waals surface area contributed by atoms with Crippen LogP contribution in [0.15, 0.2) is 36.4 Å². The number of aryl methyl sites for hydroxylation is 2. The van der Waals surface area contributed by atoms with Gasteiger partial charge in [-0.3, -0.25) is 0 Å². The van der Waals surface area contributed by atoms with Crippen molar-refractivity contribution in [3.05, 3.63) is 69.5 Å². The monoisotopic (exact) mass is 305 g/mol. The van der Waals surface area contributed by atoms with Gasteiger partial charge in [0.25, 0.3) is 0 Å². The van der Waals surface area contributed by atoms with E-state index in [4.69, 9.17) is 11.6 Å². The minimum atomic E-state index is -0.234. The van der Waals surface area contributed by atoms with E-state index in [0.29, 0.717) is 10.6 Å². The van der Waals surface area contributed by atoms with Crippen molar-refractivity contribution in [2.45, 2.75) is 32.7 Å². The highest BCUT2D eigenvalue weighted by Gasteiger charge is 2.19. The molecule has 0 heterocycles. The first-order valence-electron chi connectivity index (χ1n) is 7.34. The molecule has 1 atom stereocenters. The van der Waals surface area contributed by atoms with Crippen LogP contribution in [0.3, 0.4) is 0 Å². The second-order valence-electron chi connectivity index (χ2n) is 5.13. The van der Waals surface area contributed by atoms with Crippen molar-refractivity contribution < 1.29 is 4.39 Å². The van der Waals surface area contributed by atoms with Crippen LogP contribution >= 0.6 is 11.6 Å². The van der Waals surface area contributed by atoms with Crippen LogP contribution in [0, 0.1) is 5.82 Å². The Hall–Kier alpha value is -1.38. The molecule has 0 aliphatic heterocycles. The van der Waals surface area contributed by atoms with Gasteiger partial charge in [0.05, 0.1) is 6.04 Å². The zero-order valence-electron chi connectivity index (χ0n) is 12.7. The lowest BCUT2D eigenvalue weighted by Gasteiger charge is -2.22. The Morgan fingerprint density at radius 1 is 1.05 bits per heavy atom. The molecular formula is C18H21ClFN. The first-order chi connectivity index (χ1) is 10.1. The molecule has 0 amide bonds. The summed E-state index contributed by atoms with van der Waals surface area (Å²) in [5.74, 6) is -0.234. The standard InChI is InChI=1S/C18H21ClFN/c1-4-12-6-7-13(5-2)15(10-12)18(21-3)16-11-14(19)8-9-17(16)20/h6-11,18,21H,4-5H2,1-3H3. The maximum atomic E-state index is 14.2. The molecule has 1 nitrogen and oxygen atoms in total. The van der Waals surface area contributed by atoms with Gasteiger partial charge in [-0.15, -0.1) is 0 Å². The molecule has 2 rings (SSSR count). The summed E-state index contributed by atoms with van der Waals surface area (Å²) in [6.45, 7) is 4.24. The lowest BCUT2D eigenvalue weighted by atomic mass is 9.91. The molecule has 0 aromatic heterocycles. The fraction of sp³-hybridized carbons (Fsp3) is 0.333. The van der Waals surface area contributed by atoms with Crippen LogP contribution in [0.5, 0.6) is 0 Å². The summed E-state index contributed by atoms with van der Waals surface area (Å²) >= 11 is 6.04. The van der Waals surface area contributed by atoms with Crippen molar-refractivity contribution in [2.24, 2.45) is 0 Å². The highest BCUT2D eigenvalue weighted by molar-refractivity contribution is 6.30. The molecular weight excluding hydrogens is 285 g/mol. The first kappa shape index (κ1) is 16.0. The lowest BCUT2D eigenvalue weighted by Crippen LogP contribution is -2.20. The zero-order valence-corrected chi connectivity index (χ0v) is 13.5. The number of halogens is 2. The molecule has 3 heteroatoms. The normalized spacial score (nSPS) is 12.4. The molecule has 0 saturated heterocycles. The quantitative estimate of drug-likeness (QED) is 0.827. The smallest absolute Gasteiger partial charge is 0.128 e. The van der Waals surface area contributed by atoms with E-state index in [9.17, 15) is 4.39 Å². The fourth-order valence-electron chi connectivity index (χ4n) is 2.67. The first-order valence-corrected chi connectivity index (χ1v) is 7.72. The summed E-state index contributed by atoms with van der Waals surface area (Å²) in [6, 6.07) is 11.0. The van der Waals surface area contributed by atoms with E-state index in [1.54, 1.807) is 12.1 Å². The topological polar surface area (TPSA) is 12.0 Å². The SMILES string of the molecule is CCc1ccc(CC)c(C(NC)c2cc(Cl)ccc2F)c1. The Kier molecular flexibility index (Phi) is 5.38. The summed E-state index contributed by atoms with van der Waals surface area (Å²) in [6.07, 6.45) is 1.88. The number of hydrogen-bond donors (Lipinski definition) is 1. The molecule has 21 heavy (non-hydrogen) atoms. The van der Waals surface area contributed by atoms with E-state index >= 15 is 0 Å². The van der Waals surface area contributed by atoms with Gasteiger partial charge in [-0.05, 0) is 54.8 Å². The largest absolute Gasteiger partial charge is 0.309 e. The summed E-state index contributed by atoms with van der Waals surface area (Å²) in [4.78, 5) is 0. The van der Waals surface area contributed by atoms with Crippen molar-refractivity contribution in [1.82, 2.24) is 5.32 Å². The molecule has 0 spiro atoms. The molecule has 0 aliphatic carbocycles. The van der Waals surface area contributed by atoms with E-state index in [1.807, 2.05) is 7.05 Å². The van der Waals surface area contributed by atoms with Crippen LogP contribution in [0.4, 0.5) is 4.39 Å². The number of hydrogen-bond acceptors (Lipinski definition) is 1. The minimum absolute atomic E-state index is 0.190. The van der Waals surface area contributed by atoms with Crippen LogP contribution in [0.2, 0.25) is 5.02 Å². The van der Waals surface area contributed by atoms with Crippen molar-refractivity contribution in [2.75, 3.05) is 7.05 Å². The van der Waals surface area contributed by atoms with Gasteiger partial charge >= 0.3 is 0 Å². The van der Waals surface area contributed by atoms with E-state index in [0.717, 1.165) is 18.4 Å². The summed E-state index contributed by atoms with van der Waals surface area (Å²) in [5.41, 5.74) is 4.20. The maximum Gasteiger partial charge on any atom is 0.128 e. The Balaban J connectivity index is 2.57. The Morgan fingerprint density at radius 2 is 1.81 bits per heavy atom. The van der Waals surface area contributed by atoms with Crippen molar-refractivity contribution in [1.29, 1.82) is 0 Å². The Labute approximate surface area is 131 Å². The van der Waals surface area contributed by atoms with Gasteiger partial charge in [0.15, 0.2) is 0 Å². The predicted molar refractivity (Wildman–Crippen MR) is 87.5 cm³/mol. The average Bonchev–Trinajstić information content (AvgIpc) is 2.51. The third-order valence-electron chi connectivity index (χ3n) is 3.87. The third-order valence-corrected chi connectivity index (χ3v) is 4.10. The highest BCUT2D eigenvalue weighted by atomic mass is 35.5. The molecule has 0 aliphatic rings. The Morgan fingerprint density at radius 3 is 2.43 bits per heavy atom. The second-order valence-corrected chi connectivity index (χ2v) is 5.56. The van der Waals surface area contributed by atoms with Gasteiger partial charge in [-0.25, -0.2) is 4.39 Å². The van der Waals surface area contributed by atoms with E-state index in [1.165, 1.54) is 17.2 Å². The van der Waals surface area contributed by atoms with Gasteiger partial charge in [0.1, 0.15) is 5.82 Å². The van der Waals surface area contributed by atoms with Crippen LogP contribution in [-0.2, 0) is 12.8 Å². The van der Waals surface area contributed by atoms with E-state index in [-0.39, 0.29) is 11.9 Å². The van der Waals surface area contributed by atoms with Crippen LogP contribution < -0.4 is 5.32 Å². The minimum Gasteiger partial charge on any atom is -0.309 e. The van der Waals surface area contributed by atoms with Gasteiger partial charge in [-0.2, -0.15) is 0 Å². The summed E-state index contributed by atoms with van der Waals surface area (Å²) in [7, 11) is 1.85. The zero-order chi connectivity index (χ0) is 15.4. The van der Waals surface area contributed by atoms with Crippen LogP contribution in [0.1, 0.15) is 42.1 Å². The molecule has 0 bridgehead atoms. The number of rotatable bonds is 5. The third kappa shape index (κ3) is 3.45. The van der Waals surface area contributed by atoms with E-state index in [2.05, 4.69) is 37.4 Å². The molecule has 0 saturated carbocycles. The van der Waals surface area contributed by atoms with Crippen LogP contribution in [0.25, 0.3) is 0 Å². The second kappa shape index (κ2) is 7.06. The molecule has 2 aromatic rings. The molecule has 0 radical (unpaired) electrons. The molecule has 2 aromatic carbocycles. The fourth-order valence-corrected chi connectivity index (χ4v) is 2.85. The molecule has 112 valence electrons. The van der Waals surface area contributed by atoms with Gasteiger partial charge in [0.2, 0.25) is 0 Å². The Bertz CT molecular complexity index is 625. The van der Waals surface area contributed by atoms with E-state index < -0.39 is 0 Å².